The van der Waals surface area contributed by atoms with Crippen LogP contribution in [0.2, 0.25) is 0 Å². The first kappa shape index (κ1) is 15.8. The van der Waals surface area contributed by atoms with Crippen molar-refractivity contribution in [3.8, 4) is 0 Å². The van der Waals surface area contributed by atoms with E-state index >= 15 is 0 Å². The van der Waals surface area contributed by atoms with Crippen molar-refractivity contribution < 1.29 is 36.0 Å². The van der Waals surface area contributed by atoms with Crippen molar-refractivity contribution in [3.63, 3.8) is 0 Å². The van der Waals surface area contributed by atoms with Gasteiger partial charge in [0.2, 0.25) is 0 Å². The van der Waals surface area contributed by atoms with E-state index in [4.69, 9.17) is 19.2 Å². The van der Waals surface area contributed by atoms with Gasteiger partial charge in [0.15, 0.2) is 0 Å². The first-order chi connectivity index (χ1) is 2.00. The average Bonchev–Trinajstić information content (AvgIpc) is 0.722. The Bertz CT molecular complexity index is 27.2. The molecule has 0 aromatic carbocycles. The quantitative estimate of drug-likeness (QED) is 0.294. The topological polar surface area (TPSA) is 80.9 Å². The van der Waals surface area contributed by atoms with Crippen LogP contribution < -0.4 is 0 Å². The molecule has 0 saturated carbocycles. The fourth-order valence-electron chi connectivity index (χ4n) is 0. The third-order valence-electron chi connectivity index (χ3n) is 0. The van der Waals surface area contributed by atoms with Crippen LogP contribution in [-0.4, -0.2) is 57.8 Å². The summed E-state index contributed by atoms with van der Waals surface area (Å²) in [6.07, 6.45) is 0. The molecule has 0 rings (SSSR count). The molecule has 0 aliphatic carbocycles. The summed E-state index contributed by atoms with van der Waals surface area (Å²) < 4.78 is 0. The van der Waals surface area contributed by atoms with Crippen LogP contribution in [-0.2, 0) is 16.8 Å². The molecule has 0 spiro atoms. The van der Waals surface area contributed by atoms with E-state index in [1.54, 1.807) is 0 Å². The Morgan fingerprint density at radius 3 is 0.857 bits per heavy atom. The van der Waals surface area contributed by atoms with Crippen molar-refractivity contribution in [3.05, 3.63) is 0 Å². The second-order valence-corrected chi connectivity index (χ2v) is 1.80. The summed E-state index contributed by atoms with van der Waals surface area (Å²) in [5, 5.41) is 0. The zero-order valence-electron chi connectivity index (χ0n) is 2.62. The van der Waals surface area contributed by atoms with Crippen LogP contribution in [0.1, 0.15) is 0 Å². The molecule has 4 nitrogen and oxygen atoms in total. The summed E-state index contributed by atoms with van der Waals surface area (Å²) in [5.41, 5.74) is 0. The molecule has 43 valence electrons. The van der Waals surface area contributed by atoms with Gasteiger partial charge in [0, 0.05) is 16.8 Å². The van der Waals surface area contributed by atoms with Crippen molar-refractivity contribution in [1.82, 2.24) is 0 Å². The minimum absolute atomic E-state index is 0. The molecule has 0 aromatic rings. The zero-order chi connectivity index (χ0) is 4.50. The van der Waals surface area contributed by atoms with Gasteiger partial charge >= 0.3 is 38.6 Å². The van der Waals surface area contributed by atoms with Gasteiger partial charge in [0.05, 0.1) is 0 Å². The van der Waals surface area contributed by atoms with Crippen LogP contribution in [0.25, 0.3) is 0 Å². The normalized spacial score (nSPS) is 8.57. The van der Waals surface area contributed by atoms with Crippen molar-refractivity contribution in [1.29, 1.82) is 0 Å². The van der Waals surface area contributed by atoms with Gasteiger partial charge in [-0.1, -0.05) is 0 Å². The summed E-state index contributed by atoms with van der Waals surface area (Å²) in [4.78, 5) is 29.3. The Hall–Kier alpha value is 1.56. The van der Waals surface area contributed by atoms with Gasteiger partial charge in [-0.15, -0.1) is 0 Å². The second-order valence-electron chi connectivity index (χ2n) is 0.600. The van der Waals surface area contributed by atoms with Crippen molar-refractivity contribution in [2.24, 2.45) is 0 Å². The number of rotatable bonds is 0. The second kappa shape index (κ2) is 5.70. The molecule has 0 atom stereocenters. The predicted molar refractivity (Wildman–Crippen MR) is 21.8 cm³/mol. The van der Waals surface area contributed by atoms with Crippen LogP contribution in [0.4, 0.5) is 0 Å². The third kappa shape index (κ3) is 95.8. The van der Waals surface area contributed by atoms with E-state index in [9.17, 15) is 0 Å². The molecule has 7 heteroatoms. The summed E-state index contributed by atoms with van der Waals surface area (Å²) in [7, 11) is -4.61. The van der Waals surface area contributed by atoms with Gasteiger partial charge in [-0.3, -0.25) is 0 Å². The van der Waals surface area contributed by atoms with Crippen molar-refractivity contribution in [2.45, 2.75) is 0 Å². The van der Waals surface area contributed by atoms with E-state index in [1.165, 1.54) is 0 Å². The zero-order valence-corrected chi connectivity index (χ0v) is 4.66. The standard InChI is InChI=1S/Co.Na.H4O4Si.H/c;;1-5(2,3)4;/h;;1-4H;. The fraction of sp³-hybridized carbons (Fsp3) is 0. The Kier molecular flexibility index (Phi) is 12.9. The van der Waals surface area contributed by atoms with E-state index in [2.05, 4.69) is 0 Å². The maximum absolute atomic E-state index is 7.33. The Labute approximate surface area is 74.2 Å². The first-order valence-corrected chi connectivity index (χ1v) is 2.68. The molecule has 0 aliphatic rings. The van der Waals surface area contributed by atoms with E-state index in [1.807, 2.05) is 0 Å². The molecular formula is H5CoNaO4Si. The minimum atomic E-state index is -4.61. The molecule has 0 aromatic heterocycles. The van der Waals surface area contributed by atoms with E-state index in [-0.39, 0.29) is 46.3 Å². The summed E-state index contributed by atoms with van der Waals surface area (Å²) in [5.74, 6) is 0. The Morgan fingerprint density at radius 2 is 0.857 bits per heavy atom. The summed E-state index contributed by atoms with van der Waals surface area (Å²) in [6.45, 7) is 0. The van der Waals surface area contributed by atoms with E-state index in [0.29, 0.717) is 0 Å². The van der Waals surface area contributed by atoms with Crippen LogP contribution in [0, 0.1) is 0 Å². The maximum atomic E-state index is 7.33. The average molecular weight is 179 g/mol. The van der Waals surface area contributed by atoms with Crippen LogP contribution in [0.3, 0.4) is 0 Å². The van der Waals surface area contributed by atoms with Crippen LogP contribution in [0.15, 0.2) is 0 Å². The van der Waals surface area contributed by atoms with Crippen LogP contribution >= 0.6 is 0 Å². The molecule has 0 unspecified atom stereocenters. The third-order valence-corrected chi connectivity index (χ3v) is 0. The molecule has 0 fully saturated rings. The Morgan fingerprint density at radius 1 is 0.857 bits per heavy atom. The van der Waals surface area contributed by atoms with Gasteiger partial charge < -0.3 is 19.2 Å². The number of hydrogen-bond donors (Lipinski definition) is 4. The molecular weight excluding hydrogens is 174 g/mol. The first-order valence-electron chi connectivity index (χ1n) is 0.894. The molecule has 0 amide bonds. The van der Waals surface area contributed by atoms with E-state index < -0.39 is 9.05 Å². The van der Waals surface area contributed by atoms with E-state index in [0.717, 1.165) is 0 Å². The summed E-state index contributed by atoms with van der Waals surface area (Å²) >= 11 is 0. The molecule has 7 heavy (non-hydrogen) atoms. The molecule has 0 saturated heterocycles. The van der Waals surface area contributed by atoms with Crippen LogP contribution in [0.5, 0.6) is 0 Å². The van der Waals surface area contributed by atoms with Gasteiger partial charge in [0.1, 0.15) is 0 Å². The molecule has 0 heterocycles. The number of hydrogen-bond acceptors (Lipinski definition) is 4. The SMILES string of the molecule is O[Si](O)(O)O.[Co].[NaH]. The monoisotopic (exact) mass is 179 g/mol. The molecule has 0 aliphatic heterocycles. The molecule has 1 radical (unpaired) electrons. The van der Waals surface area contributed by atoms with Crippen molar-refractivity contribution in [2.75, 3.05) is 0 Å². The van der Waals surface area contributed by atoms with Gasteiger partial charge in [-0.25, -0.2) is 0 Å². The van der Waals surface area contributed by atoms with Crippen molar-refractivity contribution >= 4 is 38.6 Å². The van der Waals surface area contributed by atoms with Gasteiger partial charge in [0.25, 0.3) is 0 Å². The predicted octanol–water partition coefficient (Wildman–Crippen LogP) is -3.26. The fourth-order valence-corrected chi connectivity index (χ4v) is 0. The van der Waals surface area contributed by atoms with Gasteiger partial charge in [-0.2, -0.15) is 0 Å². The van der Waals surface area contributed by atoms with Gasteiger partial charge in [-0.05, 0) is 0 Å². The summed E-state index contributed by atoms with van der Waals surface area (Å²) in [6, 6.07) is 0. The Balaban J connectivity index is -0.0000000800. The molecule has 0 bridgehead atoms. The molecule has 4 N–H and O–H groups in total.